The van der Waals surface area contributed by atoms with Gasteiger partial charge < -0.3 is 0 Å². The molecule has 0 aliphatic heterocycles. The summed E-state index contributed by atoms with van der Waals surface area (Å²) in [6.07, 6.45) is -7.80. The summed E-state index contributed by atoms with van der Waals surface area (Å²) >= 11 is 10.1. The molecule has 0 amide bonds. The Bertz CT molecular complexity index is 886. The molecule has 0 spiro atoms. The van der Waals surface area contributed by atoms with E-state index in [-0.39, 0.29) is 12.1 Å². The Kier molecular flexibility index (Phi) is 7.02. The first-order chi connectivity index (χ1) is 14.2. The Labute approximate surface area is 180 Å². The highest BCUT2D eigenvalue weighted by atomic mass is 35.5. The van der Waals surface area contributed by atoms with Crippen LogP contribution < -0.4 is 0 Å². The normalized spacial score (nSPS) is 15.7. The molecule has 1 rings (SSSR count). The first-order valence-corrected chi connectivity index (χ1v) is 8.08. The zero-order valence-corrected chi connectivity index (χ0v) is 15.9. The number of hydrogen-bond donors (Lipinski definition) is 0. The van der Waals surface area contributed by atoms with Crippen molar-refractivity contribution in [1.82, 2.24) is 0 Å². The van der Waals surface area contributed by atoms with E-state index >= 15 is 0 Å². The van der Waals surface area contributed by atoms with Crippen molar-refractivity contribution >= 4 is 23.2 Å². The van der Waals surface area contributed by atoms with Gasteiger partial charge in [0.2, 0.25) is 0 Å². The Morgan fingerprint density at radius 3 is 1.15 bits per heavy atom. The van der Waals surface area contributed by atoms with Crippen LogP contribution in [-0.4, -0.2) is 41.7 Å². The van der Waals surface area contributed by atoms with Crippen LogP contribution >= 0.6 is 23.2 Å². The molecule has 33 heavy (non-hydrogen) atoms. The average Bonchev–Trinajstić information content (AvgIpc) is 2.61. The van der Waals surface area contributed by atoms with E-state index in [9.17, 15) is 74.6 Å². The van der Waals surface area contributed by atoms with E-state index in [1.54, 1.807) is 0 Å². The monoisotopic (exact) mass is 564 g/mol. The second-order valence-corrected chi connectivity index (χ2v) is 6.99. The molecule has 0 atom stereocenters. The van der Waals surface area contributed by atoms with Gasteiger partial charge in [-0.15, -0.1) is 0 Å². The van der Waals surface area contributed by atoms with E-state index in [2.05, 4.69) is 0 Å². The van der Waals surface area contributed by atoms with Crippen molar-refractivity contribution in [1.29, 1.82) is 0 Å². The molecule has 0 aliphatic rings. The third kappa shape index (κ3) is 3.86. The van der Waals surface area contributed by atoms with E-state index < -0.39 is 63.2 Å². The van der Waals surface area contributed by atoms with Gasteiger partial charge in [0.05, 0.1) is 5.02 Å². The molecular weight excluding hydrogens is 562 g/mol. The van der Waals surface area contributed by atoms with Gasteiger partial charge in [-0.2, -0.15) is 74.6 Å². The summed E-state index contributed by atoms with van der Waals surface area (Å²) in [5.41, 5.74) is -2.53. The number of benzene rings is 1. The highest BCUT2D eigenvalue weighted by Gasteiger charge is 2.95. The average molecular weight is 565 g/mol. The minimum absolute atomic E-state index is 0.201. The molecule has 0 saturated carbocycles. The molecule has 0 nitrogen and oxygen atoms in total. The fourth-order valence-electron chi connectivity index (χ4n) is 2.07. The van der Waals surface area contributed by atoms with Gasteiger partial charge in [0, 0.05) is 10.6 Å². The first kappa shape index (κ1) is 29.6. The third-order valence-electron chi connectivity index (χ3n) is 3.99. The lowest BCUT2D eigenvalue weighted by atomic mass is 9.87. The minimum atomic E-state index is -8.68. The lowest BCUT2D eigenvalue weighted by Crippen LogP contribution is -2.74. The second kappa shape index (κ2) is 7.81. The zero-order valence-electron chi connectivity index (χ0n) is 14.4. The van der Waals surface area contributed by atoms with Crippen LogP contribution in [0.4, 0.5) is 74.6 Å². The van der Waals surface area contributed by atoms with Crippen molar-refractivity contribution in [2.24, 2.45) is 0 Å². The molecule has 0 bridgehead atoms. The van der Waals surface area contributed by atoms with Gasteiger partial charge in [0.1, 0.15) is 0 Å². The smallest absolute Gasteiger partial charge is 0.194 e. The van der Waals surface area contributed by atoms with Crippen LogP contribution in [0.1, 0.15) is 5.56 Å². The predicted molar refractivity (Wildman–Crippen MR) is 76.1 cm³/mol. The van der Waals surface area contributed by atoms with Crippen molar-refractivity contribution in [2.75, 3.05) is 0 Å². The highest BCUT2D eigenvalue weighted by Crippen LogP contribution is 2.65. The number of halogens is 19. The molecule has 0 unspecified atom stereocenters. The summed E-state index contributed by atoms with van der Waals surface area (Å²) < 4.78 is 225. The van der Waals surface area contributed by atoms with Gasteiger partial charge in [-0.05, 0) is 18.2 Å². The SMILES string of the molecule is FC(F)(F)C(F)(F)C(F)(F)C(F)(F)C(F)(F)C(F)(F)C(F)(F)C(F)(F)c1cc(Cl)ccc1Cl. The molecule has 1 aromatic rings. The molecule has 192 valence electrons. The Morgan fingerprint density at radius 1 is 0.455 bits per heavy atom. The molecule has 0 radical (unpaired) electrons. The maximum atomic E-state index is 14.0. The maximum absolute atomic E-state index is 14.0. The van der Waals surface area contributed by atoms with Gasteiger partial charge in [-0.25, -0.2) is 0 Å². The van der Waals surface area contributed by atoms with E-state index in [1.807, 2.05) is 0 Å². The van der Waals surface area contributed by atoms with E-state index in [0.717, 1.165) is 0 Å². The van der Waals surface area contributed by atoms with Crippen molar-refractivity contribution in [2.45, 2.75) is 47.6 Å². The summed E-state index contributed by atoms with van der Waals surface area (Å²) in [5, 5.41) is -2.62. The van der Waals surface area contributed by atoms with Crippen molar-refractivity contribution < 1.29 is 74.6 Å². The summed E-state index contributed by atoms with van der Waals surface area (Å²) in [4.78, 5) is 0. The van der Waals surface area contributed by atoms with Gasteiger partial charge in [-0.1, -0.05) is 23.2 Å². The lowest BCUT2D eigenvalue weighted by Gasteiger charge is -2.42. The maximum Gasteiger partial charge on any atom is 0.460 e. The molecule has 0 aliphatic carbocycles. The van der Waals surface area contributed by atoms with Gasteiger partial charge in [0.15, 0.2) is 0 Å². The van der Waals surface area contributed by atoms with E-state index in [0.29, 0.717) is 6.07 Å². The molecule has 0 heterocycles. The largest absolute Gasteiger partial charge is 0.460 e. The Hall–Kier alpha value is -1.39. The van der Waals surface area contributed by atoms with Gasteiger partial charge in [-0.3, -0.25) is 0 Å². The minimum Gasteiger partial charge on any atom is -0.194 e. The number of hydrogen-bond acceptors (Lipinski definition) is 0. The Balaban J connectivity index is 3.78. The molecular formula is C14H3Cl2F17. The van der Waals surface area contributed by atoms with Gasteiger partial charge in [0.25, 0.3) is 0 Å². The fraction of sp³-hybridized carbons (Fsp3) is 0.571. The van der Waals surface area contributed by atoms with Crippen LogP contribution in [0.2, 0.25) is 10.0 Å². The first-order valence-electron chi connectivity index (χ1n) is 7.33. The number of alkyl halides is 17. The highest BCUT2D eigenvalue weighted by molar-refractivity contribution is 6.33. The summed E-state index contributed by atoms with van der Waals surface area (Å²) in [6, 6.07) is 0.408. The summed E-state index contributed by atoms with van der Waals surface area (Å²) in [5.74, 6) is -57.1. The van der Waals surface area contributed by atoms with Crippen molar-refractivity contribution in [3.05, 3.63) is 33.8 Å². The lowest BCUT2D eigenvalue weighted by molar-refractivity contribution is -0.462. The van der Waals surface area contributed by atoms with Crippen molar-refractivity contribution in [3.8, 4) is 0 Å². The standard InChI is InChI=1S/C14H3Cl2F17/c15-4-1-2-6(16)5(3-4)7(17,18)8(19,20)9(21,22)10(23,24)11(25,26)12(27,28)13(29,30)14(31,32)33/h1-3H. The van der Waals surface area contributed by atoms with Crippen LogP contribution in [0.3, 0.4) is 0 Å². The van der Waals surface area contributed by atoms with Crippen LogP contribution in [-0.2, 0) is 5.92 Å². The zero-order chi connectivity index (χ0) is 26.9. The molecule has 0 aromatic heterocycles. The van der Waals surface area contributed by atoms with Crippen molar-refractivity contribution in [3.63, 3.8) is 0 Å². The predicted octanol–water partition coefficient (Wildman–Crippen LogP) is 8.46. The van der Waals surface area contributed by atoms with E-state index in [4.69, 9.17) is 23.2 Å². The van der Waals surface area contributed by atoms with E-state index in [1.165, 1.54) is 0 Å². The molecule has 0 saturated heterocycles. The third-order valence-corrected chi connectivity index (χ3v) is 4.55. The van der Waals surface area contributed by atoms with Gasteiger partial charge >= 0.3 is 47.6 Å². The topological polar surface area (TPSA) is 0 Å². The quantitative estimate of drug-likeness (QED) is 0.291. The molecule has 0 fully saturated rings. The fourth-order valence-corrected chi connectivity index (χ4v) is 2.48. The Morgan fingerprint density at radius 2 is 0.788 bits per heavy atom. The van der Waals surface area contributed by atoms with Crippen LogP contribution in [0, 0.1) is 0 Å². The number of rotatable bonds is 7. The van der Waals surface area contributed by atoms with Crippen LogP contribution in [0.15, 0.2) is 18.2 Å². The van der Waals surface area contributed by atoms with Crippen LogP contribution in [0.25, 0.3) is 0 Å². The van der Waals surface area contributed by atoms with Crippen LogP contribution in [0.5, 0.6) is 0 Å². The molecule has 0 N–H and O–H groups in total. The molecule has 1 aromatic carbocycles. The molecule has 19 heteroatoms. The second-order valence-electron chi connectivity index (χ2n) is 6.14. The summed E-state index contributed by atoms with van der Waals surface area (Å²) in [7, 11) is 0. The summed E-state index contributed by atoms with van der Waals surface area (Å²) in [6.45, 7) is 0.